The fraction of sp³-hybridized carbons (Fsp3) is 0.0600. The Kier molecular flexibility index (Phi) is 8.70. The highest BCUT2D eigenvalue weighted by Gasteiger charge is 2.21. The molecule has 2 heterocycles. The Labute approximate surface area is 316 Å². The van der Waals surface area contributed by atoms with Crippen molar-refractivity contribution < 1.29 is 0 Å². The van der Waals surface area contributed by atoms with Gasteiger partial charge in [0.05, 0.1) is 5.69 Å². The van der Waals surface area contributed by atoms with Crippen molar-refractivity contribution >= 4 is 29.0 Å². The van der Waals surface area contributed by atoms with Crippen molar-refractivity contribution in [1.29, 1.82) is 0 Å². The van der Waals surface area contributed by atoms with Gasteiger partial charge in [-0.25, -0.2) is 15.0 Å². The van der Waals surface area contributed by atoms with Crippen LogP contribution in [0.4, 0.5) is 0 Å². The summed E-state index contributed by atoms with van der Waals surface area (Å²) in [5.41, 5.74) is 13.7. The van der Waals surface area contributed by atoms with Crippen LogP contribution in [0.5, 0.6) is 0 Å². The van der Waals surface area contributed by atoms with Crippen LogP contribution in [0.15, 0.2) is 164 Å². The smallest absolute Gasteiger partial charge is 0.164 e. The molecule has 0 bridgehead atoms. The highest BCUT2D eigenvalue weighted by molar-refractivity contribution is 5.91. The van der Waals surface area contributed by atoms with Crippen LogP contribution in [0.1, 0.15) is 35.9 Å². The highest BCUT2D eigenvalue weighted by atomic mass is 15.0. The van der Waals surface area contributed by atoms with E-state index in [0.717, 1.165) is 46.3 Å². The molecule has 0 atom stereocenters. The molecule has 0 spiro atoms. The molecule has 1 aliphatic carbocycles. The second-order valence-electron chi connectivity index (χ2n) is 13.6. The number of rotatable bonds is 8. The molecule has 6 aromatic carbocycles. The van der Waals surface area contributed by atoms with Crippen molar-refractivity contribution in [1.82, 2.24) is 19.5 Å². The van der Waals surface area contributed by atoms with E-state index in [9.17, 15) is 0 Å². The normalized spacial score (nSPS) is 12.3. The monoisotopic (exact) mass is 694 g/mol. The van der Waals surface area contributed by atoms with Crippen LogP contribution in [0.3, 0.4) is 0 Å². The fourth-order valence-electron chi connectivity index (χ4n) is 7.55. The third-order valence-corrected chi connectivity index (χ3v) is 10.2. The van der Waals surface area contributed by atoms with E-state index in [4.69, 9.17) is 15.0 Å². The largest absolute Gasteiger partial charge is 0.310 e. The molecule has 0 aliphatic heterocycles. The Hall–Kier alpha value is -6.91. The molecule has 4 nitrogen and oxygen atoms in total. The molecule has 54 heavy (non-hydrogen) atoms. The van der Waals surface area contributed by atoms with Crippen molar-refractivity contribution in [3.63, 3.8) is 0 Å². The van der Waals surface area contributed by atoms with Gasteiger partial charge in [-0.3, -0.25) is 0 Å². The maximum Gasteiger partial charge on any atom is 0.164 e. The molecule has 1 aliphatic rings. The molecule has 0 unspecified atom stereocenters. The molecule has 0 radical (unpaired) electrons. The summed E-state index contributed by atoms with van der Waals surface area (Å²) in [7, 11) is 0. The Morgan fingerprint density at radius 1 is 0.556 bits per heavy atom. The van der Waals surface area contributed by atoms with E-state index in [1.54, 1.807) is 0 Å². The fourth-order valence-corrected chi connectivity index (χ4v) is 7.55. The van der Waals surface area contributed by atoms with Crippen LogP contribution >= 0.6 is 0 Å². The number of fused-ring (bicyclic) bond motifs is 2. The van der Waals surface area contributed by atoms with E-state index >= 15 is 0 Å². The van der Waals surface area contributed by atoms with Gasteiger partial charge >= 0.3 is 0 Å². The Bertz CT molecular complexity index is 2660. The summed E-state index contributed by atoms with van der Waals surface area (Å²) in [6, 6.07) is 51.0. The van der Waals surface area contributed by atoms with Crippen molar-refractivity contribution in [3.8, 4) is 62.1 Å². The topological polar surface area (TPSA) is 43.6 Å². The molecular formula is C50H38N4. The van der Waals surface area contributed by atoms with Gasteiger partial charge in [0.1, 0.15) is 0 Å². The highest BCUT2D eigenvalue weighted by Crippen LogP contribution is 2.36. The van der Waals surface area contributed by atoms with Crippen LogP contribution in [0, 0.1) is 0 Å². The van der Waals surface area contributed by atoms with Gasteiger partial charge in [0, 0.05) is 33.6 Å². The molecule has 8 aromatic rings. The first kappa shape index (κ1) is 33.0. The van der Waals surface area contributed by atoms with Gasteiger partial charge in [0.2, 0.25) is 0 Å². The second-order valence-corrected chi connectivity index (χ2v) is 13.6. The predicted octanol–water partition coefficient (Wildman–Crippen LogP) is 12.8. The van der Waals surface area contributed by atoms with Gasteiger partial charge in [-0.05, 0) is 94.8 Å². The summed E-state index contributed by atoms with van der Waals surface area (Å²) in [5.74, 6) is 1.96. The summed E-state index contributed by atoms with van der Waals surface area (Å²) >= 11 is 0. The second kappa shape index (κ2) is 14.3. The summed E-state index contributed by atoms with van der Waals surface area (Å²) in [5, 5.41) is 2.40. The van der Waals surface area contributed by atoms with Crippen molar-refractivity contribution in [2.45, 2.75) is 19.8 Å². The molecule has 258 valence electrons. The van der Waals surface area contributed by atoms with Crippen LogP contribution in [0.2, 0.25) is 0 Å². The molecule has 9 rings (SSSR count). The van der Waals surface area contributed by atoms with E-state index in [0.29, 0.717) is 17.5 Å². The van der Waals surface area contributed by atoms with Gasteiger partial charge < -0.3 is 4.57 Å². The van der Waals surface area contributed by atoms with Crippen LogP contribution < -0.4 is 0 Å². The molecule has 0 N–H and O–H groups in total. The molecule has 4 heteroatoms. The van der Waals surface area contributed by atoms with Crippen LogP contribution in [-0.2, 0) is 6.42 Å². The molecule has 0 fully saturated rings. The van der Waals surface area contributed by atoms with Gasteiger partial charge in [0.15, 0.2) is 17.5 Å². The zero-order valence-corrected chi connectivity index (χ0v) is 30.2. The van der Waals surface area contributed by atoms with Crippen molar-refractivity contribution in [2.75, 3.05) is 0 Å². The molecule has 0 amide bonds. The first-order valence-corrected chi connectivity index (χ1v) is 18.5. The van der Waals surface area contributed by atoms with E-state index in [1.807, 2.05) is 66.7 Å². The third-order valence-electron chi connectivity index (χ3n) is 10.2. The molecular weight excluding hydrogens is 657 g/mol. The predicted molar refractivity (Wildman–Crippen MR) is 226 cm³/mol. The Balaban J connectivity index is 1.05. The van der Waals surface area contributed by atoms with E-state index in [-0.39, 0.29) is 0 Å². The van der Waals surface area contributed by atoms with Crippen LogP contribution in [-0.4, -0.2) is 19.5 Å². The lowest BCUT2D eigenvalue weighted by Gasteiger charge is -2.14. The average molecular weight is 695 g/mol. The van der Waals surface area contributed by atoms with Gasteiger partial charge in [-0.15, -0.1) is 0 Å². The summed E-state index contributed by atoms with van der Waals surface area (Å²) in [6.07, 6.45) is 13.0. The Morgan fingerprint density at radius 3 is 1.70 bits per heavy atom. The average Bonchev–Trinajstić information content (AvgIpc) is 3.56. The standard InChI is InChI=1S/C50H38N4/c1-3-14-46-44(4-2)45-21-11-12-22-47(45)54(46)43-20-13-19-39(33-43)41-30-26-35-25-29-40(31-42(35)32-41)34-23-27-38(28-24-34)50-52-48(36-15-7-5-8-16-36)51-49(53-50)37-17-9-6-10-18-37/h3-10,12-20,22-33H,2,11,21H2,1H3/b14-3-. The van der Waals surface area contributed by atoms with Gasteiger partial charge in [-0.1, -0.05) is 146 Å². The summed E-state index contributed by atoms with van der Waals surface area (Å²) < 4.78 is 2.39. The lowest BCUT2D eigenvalue weighted by atomic mass is 9.97. The van der Waals surface area contributed by atoms with E-state index in [1.165, 1.54) is 44.4 Å². The van der Waals surface area contributed by atoms with Crippen molar-refractivity contribution in [2.24, 2.45) is 0 Å². The van der Waals surface area contributed by atoms with Gasteiger partial charge in [0.25, 0.3) is 0 Å². The number of nitrogens with zero attached hydrogens (tertiary/aromatic N) is 4. The zero-order valence-electron chi connectivity index (χ0n) is 30.2. The number of benzene rings is 6. The summed E-state index contributed by atoms with van der Waals surface area (Å²) in [6.45, 7) is 6.25. The number of allylic oxidation sites excluding steroid dienone is 2. The lowest BCUT2D eigenvalue weighted by Crippen LogP contribution is -2.02. The third kappa shape index (κ3) is 6.18. The molecule has 2 aromatic heterocycles. The first-order valence-electron chi connectivity index (χ1n) is 18.5. The lowest BCUT2D eigenvalue weighted by molar-refractivity contribution is 0.955. The molecule has 0 saturated heterocycles. The summed E-state index contributed by atoms with van der Waals surface area (Å²) in [4.78, 5) is 14.7. The SMILES string of the molecule is C=Cc1c2c(n(-c3cccc(-c4ccc5ccc(-c6ccc(-c7nc(-c8ccccc8)nc(-c8ccccc8)n7)cc6)cc5c4)c3)c1/C=C\C)C=CCC2. The van der Waals surface area contributed by atoms with Crippen LogP contribution in [0.25, 0.3) is 91.1 Å². The van der Waals surface area contributed by atoms with E-state index < -0.39 is 0 Å². The minimum Gasteiger partial charge on any atom is -0.310 e. The quantitative estimate of drug-likeness (QED) is 0.159. The maximum absolute atomic E-state index is 4.91. The minimum absolute atomic E-state index is 0.648. The molecule has 0 saturated carbocycles. The Morgan fingerprint density at radius 2 is 1.09 bits per heavy atom. The zero-order chi connectivity index (χ0) is 36.4. The first-order chi connectivity index (χ1) is 26.7. The van der Waals surface area contributed by atoms with Gasteiger partial charge in [-0.2, -0.15) is 0 Å². The number of hydrogen-bond donors (Lipinski definition) is 0. The maximum atomic E-state index is 4.91. The number of aromatic nitrogens is 4. The van der Waals surface area contributed by atoms with E-state index in [2.05, 4.69) is 127 Å². The number of hydrogen-bond acceptors (Lipinski definition) is 3. The van der Waals surface area contributed by atoms with Crippen molar-refractivity contribution in [3.05, 3.63) is 187 Å². The minimum atomic E-state index is 0.648.